The first-order valence-corrected chi connectivity index (χ1v) is 7.63. The van der Waals surface area contributed by atoms with Gasteiger partial charge in [-0.15, -0.1) is 0 Å². The number of nitrogens with zero attached hydrogens (tertiary/aromatic N) is 5. The average molecular weight is 343 g/mol. The number of carbonyl (C=O) groups excluding carboxylic acids is 1. The molecule has 0 aliphatic rings. The van der Waals surface area contributed by atoms with Crippen molar-refractivity contribution in [3.05, 3.63) is 46.9 Å². The van der Waals surface area contributed by atoms with Crippen molar-refractivity contribution in [1.82, 2.24) is 24.7 Å². The molecule has 3 aromatic rings. The summed E-state index contributed by atoms with van der Waals surface area (Å²) in [4.78, 5) is 24.5. The summed E-state index contributed by atoms with van der Waals surface area (Å²) in [6.07, 6.45) is 0. The molecule has 0 spiro atoms. The van der Waals surface area contributed by atoms with Crippen molar-refractivity contribution >= 4 is 23.3 Å². The predicted molar refractivity (Wildman–Crippen MR) is 91.2 cm³/mol. The van der Waals surface area contributed by atoms with Gasteiger partial charge in [0, 0.05) is 18.7 Å². The number of halogens is 1. The van der Waals surface area contributed by atoms with Crippen molar-refractivity contribution in [1.29, 1.82) is 0 Å². The molecule has 7 nitrogen and oxygen atoms in total. The molecule has 3 heterocycles. The summed E-state index contributed by atoms with van der Waals surface area (Å²) in [5.74, 6) is 0.499. The highest BCUT2D eigenvalue weighted by atomic mass is 35.5. The molecule has 3 rings (SSSR count). The number of pyridine rings is 1. The highest BCUT2D eigenvalue weighted by molar-refractivity contribution is 6.29. The van der Waals surface area contributed by atoms with Crippen LogP contribution in [0.2, 0.25) is 5.15 Å². The number of hydrogen-bond acceptors (Lipinski definition) is 5. The zero-order valence-corrected chi connectivity index (χ0v) is 14.2. The van der Waals surface area contributed by atoms with Crippen molar-refractivity contribution in [2.24, 2.45) is 0 Å². The fourth-order valence-electron chi connectivity index (χ4n) is 2.29. The number of amides is 1. The molecular weight excluding hydrogens is 328 g/mol. The van der Waals surface area contributed by atoms with E-state index in [2.05, 4.69) is 25.4 Å². The van der Waals surface area contributed by atoms with Crippen LogP contribution in [-0.2, 0) is 4.79 Å². The highest BCUT2D eigenvalue weighted by Gasteiger charge is 2.13. The van der Waals surface area contributed by atoms with Crippen LogP contribution in [0.1, 0.15) is 18.3 Å². The number of aryl methyl sites for hydroxylation is 2. The lowest BCUT2D eigenvalue weighted by molar-refractivity contribution is -0.114. The van der Waals surface area contributed by atoms with Gasteiger partial charge in [0.1, 0.15) is 11.0 Å². The van der Waals surface area contributed by atoms with E-state index in [-0.39, 0.29) is 5.91 Å². The monoisotopic (exact) mass is 342 g/mol. The first-order chi connectivity index (χ1) is 11.4. The van der Waals surface area contributed by atoms with Crippen LogP contribution in [0.4, 0.5) is 5.82 Å². The summed E-state index contributed by atoms with van der Waals surface area (Å²) >= 11 is 5.96. The average Bonchev–Trinajstić information content (AvgIpc) is 2.85. The fourth-order valence-corrected chi connectivity index (χ4v) is 2.45. The molecule has 0 aliphatic heterocycles. The zero-order chi connectivity index (χ0) is 17.3. The molecule has 0 aromatic carbocycles. The van der Waals surface area contributed by atoms with Crippen LogP contribution in [0, 0.1) is 13.8 Å². The first-order valence-electron chi connectivity index (χ1n) is 7.25. The number of aromatic nitrogens is 5. The minimum absolute atomic E-state index is 0.224. The summed E-state index contributed by atoms with van der Waals surface area (Å²) in [5, 5.41) is 7.42. The van der Waals surface area contributed by atoms with Gasteiger partial charge in [0.15, 0.2) is 0 Å². The lowest BCUT2D eigenvalue weighted by Crippen LogP contribution is -2.12. The van der Waals surface area contributed by atoms with Crippen LogP contribution in [0.3, 0.4) is 0 Å². The van der Waals surface area contributed by atoms with E-state index in [4.69, 9.17) is 11.6 Å². The summed E-state index contributed by atoms with van der Waals surface area (Å²) in [7, 11) is 0. The Morgan fingerprint density at radius 1 is 1.12 bits per heavy atom. The molecule has 24 heavy (non-hydrogen) atoms. The van der Waals surface area contributed by atoms with Gasteiger partial charge < -0.3 is 5.32 Å². The summed E-state index contributed by atoms with van der Waals surface area (Å²) in [6.45, 7) is 5.22. The lowest BCUT2D eigenvalue weighted by Gasteiger charge is -2.09. The van der Waals surface area contributed by atoms with Gasteiger partial charge in [-0.25, -0.2) is 14.6 Å². The van der Waals surface area contributed by atoms with Gasteiger partial charge in [0.25, 0.3) is 5.95 Å². The third kappa shape index (κ3) is 3.41. The summed E-state index contributed by atoms with van der Waals surface area (Å²) in [5.41, 5.74) is 2.86. The van der Waals surface area contributed by atoms with Crippen LogP contribution < -0.4 is 5.32 Å². The Morgan fingerprint density at radius 2 is 1.92 bits per heavy atom. The fraction of sp³-hybridized carbons (Fsp3) is 0.188. The second-order valence-corrected chi connectivity index (χ2v) is 5.69. The standard InChI is InChI=1S/C16H15ClN6O/c1-9-7-10(2)23(22-9)16-20-13(8-15(21-16)18-11(3)24)12-5-4-6-14(17)19-12/h4-8H,1-3H3,(H,18,20,21,24). The molecule has 0 aliphatic carbocycles. The van der Waals surface area contributed by atoms with Crippen LogP contribution in [0.15, 0.2) is 30.3 Å². The van der Waals surface area contributed by atoms with E-state index in [0.717, 1.165) is 11.4 Å². The van der Waals surface area contributed by atoms with Gasteiger partial charge in [-0.3, -0.25) is 4.79 Å². The van der Waals surface area contributed by atoms with Crippen molar-refractivity contribution in [2.45, 2.75) is 20.8 Å². The van der Waals surface area contributed by atoms with Crippen molar-refractivity contribution in [2.75, 3.05) is 5.32 Å². The highest BCUT2D eigenvalue weighted by Crippen LogP contribution is 2.21. The third-order valence-corrected chi connectivity index (χ3v) is 3.41. The van der Waals surface area contributed by atoms with E-state index in [1.807, 2.05) is 19.9 Å². The molecule has 0 saturated carbocycles. The minimum atomic E-state index is -0.224. The molecule has 0 saturated heterocycles. The molecule has 1 amide bonds. The van der Waals surface area contributed by atoms with Gasteiger partial charge in [0.05, 0.1) is 17.1 Å². The Morgan fingerprint density at radius 3 is 2.54 bits per heavy atom. The molecule has 0 bridgehead atoms. The van der Waals surface area contributed by atoms with Gasteiger partial charge in [0.2, 0.25) is 5.91 Å². The third-order valence-electron chi connectivity index (χ3n) is 3.20. The van der Waals surface area contributed by atoms with Crippen LogP contribution >= 0.6 is 11.6 Å². The molecule has 1 N–H and O–H groups in total. The van der Waals surface area contributed by atoms with E-state index in [1.165, 1.54) is 6.92 Å². The number of rotatable bonds is 3. The maximum Gasteiger partial charge on any atom is 0.253 e. The molecular formula is C16H15ClN6O. The van der Waals surface area contributed by atoms with E-state index >= 15 is 0 Å². The number of hydrogen-bond donors (Lipinski definition) is 1. The zero-order valence-electron chi connectivity index (χ0n) is 13.4. The SMILES string of the molecule is CC(=O)Nc1cc(-c2cccc(Cl)n2)nc(-n2nc(C)cc2C)n1. The molecule has 0 fully saturated rings. The van der Waals surface area contributed by atoms with Crippen LogP contribution in [-0.4, -0.2) is 30.6 Å². The van der Waals surface area contributed by atoms with Crippen molar-refractivity contribution < 1.29 is 4.79 Å². The van der Waals surface area contributed by atoms with E-state index in [1.54, 1.807) is 28.9 Å². The molecule has 0 atom stereocenters. The Balaban J connectivity index is 2.17. The number of carbonyl (C=O) groups is 1. The lowest BCUT2D eigenvalue weighted by atomic mass is 10.2. The molecule has 3 aromatic heterocycles. The van der Waals surface area contributed by atoms with Crippen LogP contribution in [0.25, 0.3) is 17.3 Å². The number of nitrogens with one attached hydrogen (secondary N) is 1. The quantitative estimate of drug-likeness (QED) is 0.739. The van der Waals surface area contributed by atoms with Crippen LogP contribution in [0.5, 0.6) is 0 Å². The van der Waals surface area contributed by atoms with E-state index in [0.29, 0.717) is 28.3 Å². The Kier molecular flexibility index (Phi) is 4.26. The first kappa shape index (κ1) is 16.1. The Labute approximate surface area is 143 Å². The van der Waals surface area contributed by atoms with Gasteiger partial charge in [-0.2, -0.15) is 10.1 Å². The Hall–Kier alpha value is -2.80. The topological polar surface area (TPSA) is 85.6 Å². The second kappa shape index (κ2) is 6.37. The van der Waals surface area contributed by atoms with E-state index in [9.17, 15) is 4.79 Å². The van der Waals surface area contributed by atoms with Gasteiger partial charge >= 0.3 is 0 Å². The minimum Gasteiger partial charge on any atom is -0.311 e. The van der Waals surface area contributed by atoms with E-state index < -0.39 is 0 Å². The van der Waals surface area contributed by atoms with Gasteiger partial charge in [-0.1, -0.05) is 17.7 Å². The molecule has 0 unspecified atom stereocenters. The normalized spacial score (nSPS) is 10.7. The summed E-state index contributed by atoms with van der Waals surface area (Å²) in [6, 6.07) is 8.83. The predicted octanol–water partition coefficient (Wildman–Crippen LogP) is 2.95. The molecule has 8 heteroatoms. The molecule has 122 valence electrons. The maximum absolute atomic E-state index is 11.4. The Bertz CT molecular complexity index is 921. The largest absolute Gasteiger partial charge is 0.311 e. The maximum atomic E-state index is 11.4. The molecule has 0 radical (unpaired) electrons. The smallest absolute Gasteiger partial charge is 0.253 e. The number of anilines is 1. The second-order valence-electron chi connectivity index (χ2n) is 5.30. The van der Waals surface area contributed by atoms with Crippen molar-refractivity contribution in [3.63, 3.8) is 0 Å². The van der Waals surface area contributed by atoms with Gasteiger partial charge in [-0.05, 0) is 32.0 Å². The summed E-state index contributed by atoms with van der Waals surface area (Å²) < 4.78 is 1.62. The van der Waals surface area contributed by atoms with Crippen molar-refractivity contribution in [3.8, 4) is 17.3 Å².